The molecule has 0 saturated heterocycles. The lowest BCUT2D eigenvalue weighted by Crippen LogP contribution is -2.32. The van der Waals surface area contributed by atoms with Crippen LogP contribution in [0.5, 0.6) is 5.88 Å². The number of carbonyl (C=O) groups is 1. The molecule has 0 aliphatic carbocycles. The Hall–Kier alpha value is -1.85. The minimum absolute atomic E-state index is 0.0590. The largest absolute Gasteiger partial charge is 0.481 e. The van der Waals surface area contributed by atoms with Gasteiger partial charge in [0.2, 0.25) is 11.8 Å². The summed E-state index contributed by atoms with van der Waals surface area (Å²) < 4.78 is 4.95. The van der Waals surface area contributed by atoms with Gasteiger partial charge in [-0.1, -0.05) is 13.8 Å². The van der Waals surface area contributed by atoms with Crippen LogP contribution < -0.4 is 15.4 Å². The second-order valence-electron chi connectivity index (χ2n) is 4.00. The Morgan fingerprint density at radius 2 is 2.24 bits per heavy atom. The molecule has 94 valence electrons. The Morgan fingerprint density at radius 3 is 2.88 bits per heavy atom. The molecule has 1 amide bonds. The van der Waals surface area contributed by atoms with Gasteiger partial charge in [0.15, 0.2) is 0 Å². The predicted octanol–water partition coefficient (Wildman–Crippen LogP) is 0.669. The van der Waals surface area contributed by atoms with Crippen molar-refractivity contribution in [2.45, 2.75) is 13.8 Å². The third kappa shape index (κ3) is 5.14. The van der Waals surface area contributed by atoms with Crippen LogP contribution in [0.15, 0.2) is 12.4 Å². The monoisotopic (exact) mass is 238 g/mol. The first-order valence-electron chi connectivity index (χ1n) is 5.48. The van der Waals surface area contributed by atoms with E-state index in [4.69, 9.17) is 4.74 Å². The Kier molecular flexibility index (Phi) is 5.19. The molecule has 0 aliphatic heterocycles. The molecule has 1 aromatic heterocycles. The van der Waals surface area contributed by atoms with Crippen LogP contribution in [0, 0.1) is 5.92 Å². The van der Waals surface area contributed by atoms with Gasteiger partial charge in [-0.05, 0) is 5.92 Å². The van der Waals surface area contributed by atoms with Gasteiger partial charge in [-0.15, -0.1) is 0 Å². The summed E-state index contributed by atoms with van der Waals surface area (Å²) in [6.07, 6.45) is 1.38. The van der Waals surface area contributed by atoms with Gasteiger partial charge in [0.1, 0.15) is 12.1 Å². The summed E-state index contributed by atoms with van der Waals surface area (Å²) in [6, 6.07) is 1.63. The van der Waals surface area contributed by atoms with E-state index in [1.54, 1.807) is 6.07 Å². The van der Waals surface area contributed by atoms with Crippen molar-refractivity contribution < 1.29 is 9.53 Å². The summed E-state index contributed by atoms with van der Waals surface area (Å²) in [7, 11) is 1.53. The van der Waals surface area contributed by atoms with Gasteiger partial charge in [-0.2, -0.15) is 0 Å². The zero-order valence-electron chi connectivity index (χ0n) is 10.4. The van der Waals surface area contributed by atoms with Gasteiger partial charge in [0.25, 0.3) is 0 Å². The van der Waals surface area contributed by atoms with Crippen LogP contribution in [0.1, 0.15) is 13.8 Å². The third-order valence-corrected chi connectivity index (χ3v) is 1.99. The van der Waals surface area contributed by atoms with E-state index in [9.17, 15) is 4.79 Å². The molecule has 0 aliphatic rings. The van der Waals surface area contributed by atoms with E-state index in [1.165, 1.54) is 13.4 Å². The number of ether oxygens (including phenoxy) is 1. The molecule has 0 fully saturated rings. The van der Waals surface area contributed by atoms with E-state index >= 15 is 0 Å². The molecular weight excluding hydrogens is 220 g/mol. The lowest BCUT2D eigenvalue weighted by atomic mass is 10.2. The number of rotatable bonds is 6. The lowest BCUT2D eigenvalue weighted by Gasteiger charge is -2.09. The van der Waals surface area contributed by atoms with Crippen molar-refractivity contribution in [2.24, 2.45) is 5.92 Å². The molecule has 0 radical (unpaired) electrons. The topological polar surface area (TPSA) is 76.1 Å². The van der Waals surface area contributed by atoms with E-state index in [2.05, 4.69) is 20.6 Å². The number of anilines is 1. The van der Waals surface area contributed by atoms with Crippen molar-refractivity contribution in [2.75, 3.05) is 25.5 Å². The highest BCUT2D eigenvalue weighted by molar-refractivity contribution is 5.80. The highest BCUT2D eigenvalue weighted by Crippen LogP contribution is 2.09. The van der Waals surface area contributed by atoms with Crippen molar-refractivity contribution in [3.63, 3.8) is 0 Å². The first-order valence-corrected chi connectivity index (χ1v) is 5.48. The summed E-state index contributed by atoms with van der Waals surface area (Å²) in [5, 5.41) is 5.70. The highest BCUT2D eigenvalue weighted by Gasteiger charge is 2.03. The molecule has 1 rings (SSSR count). The first-order chi connectivity index (χ1) is 8.11. The Bertz CT molecular complexity index is 368. The van der Waals surface area contributed by atoms with Gasteiger partial charge in [0.05, 0.1) is 13.7 Å². The van der Waals surface area contributed by atoms with Crippen molar-refractivity contribution in [1.82, 2.24) is 15.3 Å². The predicted molar refractivity (Wildman–Crippen MR) is 64.9 cm³/mol. The SMILES string of the molecule is COc1cc(NCC(=O)NCC(C)C)ncn1. The van der Waals surface area contributed by atoms with Crippen LogP contribution >= 0.6 is 0 Å². The van der Waals surface area contributed by atoms with Crippen molar-refractivity contribution in [1.29, 1.82) is 0 Å². The van der Waals surface area contributed by atoms with E-state index in [0.717, 1.165) is 0 Å². The molecule has 0 spiro atoms. The molecule has 1 heterocycles. The first kappa shape index (κ1) is 13.2. The minimum Gasteiger partial charge on any atom is -0.481 e. The maximum Gasteiger partial charge on any atom is 0.239 e. The number of hydrogen-bond donors (Lipinski definition) is 2. The average Bonchev–Trinajstić information content (AvgIpc) is 2.34. The van der Waals surface area contributed by atoms with E-state index in [-0.39, 0.29) is 12.5 Å². The van der Waals surface area contributed by atoms with E-state index in [1.807, 2.05) is 13.8 Å². The van der Waals surface area contributed by atoms with E-state index < -0.39 is 0 Å². The number of aromatic nitrogens is 2. The lowest BCUT2D eigenvalue weighted by molar-refractivity contribution is -0.119. The zero-order chi connectivity index (χ0) is 12.7. The number of nitrogens with one attached hydrogen (secondary N) is 2. The van der Waals surface area contributed by atoms with Gasteiger partial charge < -0.3 is 15.4 Å². The maximum absolute atomic E-state index is 11.4. The molecule has 0 atom stereocenters. The van der Waals surface area contributed by atoms with Crippen LogP contribution in [-0.2, 0) is 4.79 Å². The summed E-state index contributed by atoms with van der Waals surface area (Å²) in [6.45, 7) is 4.95. The van der Waals surface area contributed by atoms with Gasteiger partial charge in [-0.3, -0.25) is 4.79 Å². The Balaban J connectivity index is 2.36. The fraction of sp³-hybridized carbons (Fsp3) is 0.545. The Morgan fingerprint density at radius 1 is 1.47 bits per heavy atom. The van der Waals surface area contributed by atoms with Crippen LogP contribution in [-0.4, -0.2) is 36.1 Å². The molecule has 0 aromatic carbocycles. The number of amides is 1. The summed E-state index contributed by atoms with van der Waals surface area (Å²) in [5.41, 5.74) is 0. The summed E-state index contributed by atoms with van der Waals surface area (Å²) in [4.78, 5) is 19.3. The summed E-state index contributed by atoms with van der Waals surface area (Å²) >= 11 is 0. The van der Waals surface area contributed by atoms with Crippen LogP contribution in [0.2, 0.25) is 0 Å². The molecule has 1 aromatic rings. The van der Waals surface area contributed by atoms with Crippen molar-refractivity contribution >= 4 is 11.7 Å². The number of nitrogens with zero attached hydrogens (tertiary/aromatic N) is 2. The second-order valence-corrected chi connectivity index (χ2v) is 4.00. The molecule has 2 N–H and O–H groups in total. The molecule has 6 nitrogen and oxygen atoms in total. The molecule has 0 unspecified atom stereocenters. The minimum atomic E-state index is -0.0590. The van der Waals surface area contributed by atoms with Gasteiger partial charge in [0, 0.05) is 12.6 Å². The van der Waals surface area contributed by atoms with Gasteiger partial charge >= 0.3 is 0 Å². The number of carbonyl (C=O) groups excluding carboxylic acids is 1. The fourth-order valence-corrected chi connectivity index (χ4v) is 1.10. The molecule has 0 bridgehead atoms. The normalized spacial score (nSPS) is 10.1. The van der Waals surface area contributed by atoms with Crippen LogP contribution in [0.4, 0.5) is 5.82 Å². The van der Waals surface area contributed by atoms with Crippen molar-refractivity contribution in [3.8, 4) is 5.88 Å². The quantitative estimate of drug-likeness (QED) is 0.761. The molecule has 6 heteroatoms. The molecule has 17 heavy (non-hydrogen) atoms. The fourth-order valence-electron chi connectivity index (χ4n) is 1.10. The van der Waals surface area contributed by atoms with Crippen LogP contribution in [0.25, 0.3) is 0 Å². The number of hydrogen-bond acceptors (Lipinski definition) is 5. The molecule has 0 saturated carbocycles. The Labute approximate surface area is 101 Å². The zero-order valence-corrected chi connectivity index (χ0v) is 10.4. The number of methoxy groups -OCH3 is 1. The van der Waals surface area contributed by atoms with E-state index in [0.29, 0.717) is 24.2 Å². The smallest absolute Gasteiger partial charge is 0.239 e. The third-order valence-electron chi connectivity index (χ3n) is 1.99. The maximum atomic E-state index is 11.4. The average molecular weight is 238 g/mol. The second kappa shape index (κ2) is 6.67. The van der Waals surface area contributed by atoms with Gasteiger partial charge in [-0.25, -0.2) is 9.97 Å². The van der Waals surface area contributed by atoms with Crippen LogP contribution in [0.3, 0.4) is 0 Å². The summed E-state index contributed by atoms with van der Waals surface area (Å²) in [5.74, 6) is 1.41. The van der Waals surface area contributed by atoms with Crippen molar-refractivity contribution in [3.05, 3.63) is 12.4 Å². The molecular formula is C11H18N4O2. The standard InChI is InChI=1S/C11H18N4O2/c1-8(2)5-13-10(16)6-12-9-4-11(17-3)15-7-14-9/h4,7-8H,5-6H2,1-3H3,(H,13,16)(H,12,14,15). The highest BCUT2D eigenvalue weighted by atomic mass is 16.5.